The highest BCUT2D eigenvalue weighted by Crippen LogP contribution is 2.39. The number of Topliss-reactive ketones (excluding diaryl/α,β-unsaturated/α-hetero) is 1. The number of nitrogens with zero attached hydrogens (tertiary/aromatic N) is 2. The van der Waals surface area contributed by atoms with E-state index in [1.807, 2.05) is 6.92 Å². The molecule has 0 atom stereocenters. The van der Waals surface area contributed by atoms with Crippen molar-refractivity contribution in [3.8, 4) is 0 Å². The largest absolute Gasteiger partial charge is 0.292 e. The maximum atomic E-state index is 12.4. The molecule has 0 radical (unpaired) electrons. The molecule has 0 fully saturated rings. The first-order valence-electron chi connectivity index (χ1n) is 7.82. The molecule has 3 aromatic heterocycles. The van der Waals surface area contributed by atoms with Crippen molar-refractivity contribution in [2.45, 2.75) is 37.6 Å². The molecule has 0 aromatic carbocycles. The molecule has 124 valence electrons. The number of carbonyl (C=O) groups excluding carboxylic acids is 1. The summed E-state index contributed by atoms with van der Waals surface area (Å²) in [7, 11) is 0. The zero-order chi connectivity index (χ0) is 16.7. The molecule has 0 saturated heterocycles. The summed E-state index contributed by atoms with van der Waals surface area (Å²) in [4.78, 5) is 24.9. The Morgan fingerprint density at radius 3 is 2.88 bits per heavy atom. The number of fused-ring (bicyclic) bond motifs is 3. The number of thiophene rings is 2. The van der Waals surface area contributed by atoms with E-state index in [0.717, 1.165) is 28.5 Å². The summed E-state index contributed by atoms with van der Waals surface area (Å²) in [5.41, 5.74) is 1.41. The lowest BCUT2D eigenvalue weighted by molar-refractivity contribution is 0.102. The molecule has 0 bridgehead atoms. The monoisotopic (exact) mass is 394 g/mol. The Labute approximate surface area is 157 Å². The highest BCUT2D eigenvalue weighted by Gasteiger charge is 2.21. The number of aromatic nitrogens is 2. The fraction of sp³-hybridized carbons (Fsp3) is 0.353. The average molecular weight is 395 g/mol. The van der Waals surface area contributed by atoms with Crippen molar-refractivity contribution in [3.05, 3.63) is 37.6 Å². The van der Waals surface area contributed by atoms with Gasteiger partial charge in [0.15, 0.2) is 5.78 Å². The molecule has 1 aliphatic carbocycles. The molecular formula is C17H15ClN2OS3. The molecule has 3 nitrogen and oxygen atoms in total. The van der Waals surface area contributed by atoms with Crippen molar-refractivity contribution >= 4 is 62.0 Å². The molecule has 0 N–H and O–H groups in total. The van der Waals surface area contributed by atoms with Gasteiger partial charge >= 0.3 is 0 Å². The van der Waals surface area contributed by atoms with Gasteiger partial charge in [0.05, 0.1) is 15.0 Å². The normalized spacial score (nSPS) is 14.1. The second kappa shape index (κ2) is 6.75. The van der Waals surface area contributed by atoms with Gasteiger partial charge in [-0.05, 0) is 50.3 Å². The van der Waals surface area contributed by atoms with Gasteiger partial charge in [0, 0.05) is 10.3 Å². The number of rotatable bonds is 4. The van der Waals surface area contributed by atoms with Crippen LogP contribution in [0.5, 0.6) is 0 Å². The van der Waals surface area contributed by atoms with Crippen LogP contribution < -0.4 is 0 Å². The first-order chi connectivity index (χ1) is 11.6. The number of aryl methyl sites for hydroxylation is 3. The van der Waals surface area contributed by atoms with Crippen molar-refractivity contribution in [1.82, 2.24) is 9.97 Å². The molecule has 24 heavy (non-hydrogen) atoms. The van der Waals surface area contributed by atoms with Crippen LogP contribution in [0, 0.1) is 6.92 Å². The quantitative estimate of drug-likeness (QED) is 0.329. The van der Waals surface area contributed by atoms with Gasteiger partial charge in [-0.15, -0.1) is 22.7 Å². The molecule has 0 amide bonds. The van der Waals surface area contributed by atoms with Gasteiger partial charge < -0.3 is 0 Å². The summed E-state index contributed by atoms with van der Waals surface area (Å²) in [5.74, 6) is 1.26. The summed E-state index contributed by atoms with van der Waals surface area (Å²) >= 11 is 10.6. The van der Waals surface area contributed by atoms with E-state index in [9.17, 15) is 4.79 Å². The Morgan fingerprint density at radius 1 is 1.25 bits per heavy atom. The van der Waals surface area contributed by atoms with E-state index in [4.69, 9.17) is 11.6 Å². The highest BCUT2D eigenvalue weighted by atomic mass is 35.5. The van der Waals surface area contributed by atoms with Crippen LogP contribution in [0.2, 0.25) is 4.34 Å². The first-order valence-corrected chi connectivity index (χ1v) is 10.8. The third-order valence-corrected chi connectivity index (χ3v) is 7.51. The predicted molar refractivity (Wildman–Crippen MR) is 103 cm³/mol. The van der Waals surface area contributed by atoms with E-state index >= 15 is 0 Å². The van der Waals surface area contributed by atoms with Gasteiger partial charge in [0.25, 0.3) is 0 Å². The molecule has 0 saturated carbocycles. The number of thioether (sulfide) groups is 1. The van der Waals surface area contributed by atoms with Crippen LogP contribution >= 0.6 is 46.0 Å². The van der Waals surface area contributed by atoms with Crippen molar-refractivity contribution in [1.29, 1.82) is 0 Å². The smallest absolute Gasteiger partial charge is 0.183 e. The van der Waals surface area contributed by atoms with Gasteiger partial charge in [0.1, 0.15) is 15.7 Å². The van der Waals surface area contributed by atoms with Crippen LogP contribution in [0.15, 0.2) is 17.2 Å². The minimum Gasteiger partial charge on any atom is -0.292 e. The predicted octanol–water partition coefficient (Wildman–Crippen LogP) is 5.57. The van der Waals surface area contributed by atoms with Gasteiger partial charge in [0.2, 0.25) is 0 Å². The number of halogens is 1. The molecule has 3 aromatic rings. The number of hydrogen-bond donors (Lipinski definition) is 0. The molecule has 4 rings (SSSR count). The summed E-state index contributed by atoms with van der Waals surface area (Å²) < 4.78 is 0.649. The van der Waals surface area contributed by atoms with Crippen molar-refractivity contribution in [2.24, 2.45) is 0 Å². The van der Waals surface area contributed by atoms with E-state index in [1.54, 1.807) is 23.5 Å². The molecule has 1 aliphatic rings. The maximum Gasteiger partial charge on any atom is 0.183 e. The second-order valence-electron chi connectivity index (χ2n) is 5.78. The van der Waals surface area contributed by atoms with Crippen LogP contribution in [0.1, 0.15) is 38.8 Å². The molecular weight excluding hydrogens is 380 g/mol. The van der Waals surface area contributed by atoms with E-state index in [-0.39, 0.29) is 5.78 Å². The van der Waals surface area contributed by atoms with Crippen LogP contribution in [0.3, 0.4) is 0 Å². The summed E-state index contributed by atoms with van der Waals surface area (Å²) in [6, 6.07) is 3.57. The Morgan fingerprint density at radius 2 is 2.08 bits per heavy atom. The van der Waals surface area contributed by atoms with Crippen LogP contribution in [0.4, 0.5) is 0 Å². The number of carbonyl (C=O) groups is 1. The van der Waals surface area contributed by atoms with E-state index in [1.165, 1.54) is 51.8 Å². The molecule has 0 spiro atoms. The fourth-order valence-corrected chi connectivity index (χ4v) is 6.43. The lowest BCUT2D eigenvalue weighted by Gasteiger charge is -2.11. The van der Waals surface area contributed by atoms with E-state index < -0.39 is 0 Å². The van der Waals surface area contributed by atoms with Crippen LogP contribution in [-0.2, 0) is 12.8 Å². The Bertz CT molecular complexity index is 931. The summed E-state index contributed by atoms with van der Waals surface area (Å²) in [6.45, 7) is 1.92. The van der Waals surface area contributed by atoms with E-state index in [2.05, 4.69) is 9.97 Å². The van der Waals surface area contributed by atoms with Gasteiger partial charge in [-0.3, -0.25) is 4.79 Å². The Kier molecular flexibility index (Phi) is 4.64. The standard InChI is InChI=1S/C17H15ClN2OS3/c1-9-19-16(22-8-11(21)13-6-7-14(18)23-13)15-10-4-2-3-5-12(10)24-17(15)20-9/h6-7H,2-5,8H2,1H3. The maximum absolute atomic E-state index is 12.4. The molecule has 0 aliphatic heterocycles. The topological polar surface area (TPSA) is 42.9 Å². The minimum atomic E-state index is 0.102. The Hall–Kier alpha value is -0.950. The third-order valence-electron chi connectivity index (χ3n) is 4.08. The zero-order valence-electron chi connectivity index (χ0n) is 13.1. The van der Waals surface area contributed by atoms with Crippen molar-refractivity contribution < 1.29 is 4.79 Å². The fourth-order valence-electron chi connectivity index (χ4n) is 3.00. The zero-order valence-corrected chi connectivity index (χ0v) is 16.3. The lowest BCUT2D eigenvalue weighted by atomic mass is 9.97. The van der Waals surface area contributed by atoms with Crippen LogP contribution in [-0.4, -0.2) is 21.5 Å². The van der Waals surface area contributed by atoms with Crippen molar-refractivity contribution in [2.75, 3.05) is 5.75 Å². The van der Waals surface area contributed by atoms with Gasteiger partial charge in [-0.2, -0.15) is 0 Å². The highest BCUT2D eigenvalue weighted by molar-refractivity contribution is 8.00. The molecule has 0 unspecified atom stereocenters. The molecule has 3 heterocycles. The van der Waals surface area contributed by atoms with E-state index in [0.29, 0.717) is 15.0 Å². The van der Waals surface area contributed by atoms with Crippen molar-refractivity contribution in [3.63, 3.8) is 0 Å². The minimum absolute atomic E-state index is 0.102. The SMILES string of the molecule is Cc1nc(SCC(=O)c2ccc(Cl)s2)c2c3c(sc2n1)CCCC3. The van der Waals surface area contributed by atoms with Crippen LogP contribution in [0.25, 0.3) is 10.2 Å². The lowest BCUT2D eigenvalue weighted by Crippen LogP contribution is -2.02. The second-order valence-corrected chi connectivity index (χ2v) is 9.55. The third kappa shape index (κ3) is 3.12. The van der Waals surface area contributed by atoms with Gasteiger partial charge in [-0.25, -0.2) is 9.97 Å². The summed E-state index contributed by atoms with van der Waals surface area (Å²) in [5, 5.41) is 2.13. The number of hydrogen-bond acceptors (Lipinski definition) is 6. The van der Waals surface area contributed by atoms with Gasteiger partial charge in [-0.1, -0.05) is 23.4 Å². The first kappa shape index (κ1) is 16.5. The average Bonchev–Trinajstić information content (AvgIpc) is 3.15. The number of ketones is 1. The molecule has 7 heteroatoms. The Balaban J connectivity index is 1.66. The summed E-state index contributed by atoms with van der Waals surface area (Å²) in [6.07, 6.45) is 4.73.